The van der Waals surface area contributed by atoms with E-state index in [9.17, 15) is 10.1 Å². The molecule has 2 aromatic rings. The molecule has 0 unspecified atom stereocenters. The summed E-state index contributed by atoms with van der Waals surface area (Å²) >= 11 is 3.38. The molecule has 7 heteroatoms. The zero-order valence-electron chi connectivity index (χ0n) is 12.1. The number of halogens is 1. The molecule has 1 aromatic carbocycles. The first-order chi connectivity index (χ1) is 9.77. The van der Waals surface area contributed by atoms with Gasteiger partial charge in [-0.3, -0.25) is 14.8 Å². The highest BCUT2D eigenvalue weighted by Gasteiger charge is 2.14. The number of aromatic nitrogens is 2. The molecule has 0 aliphatic carbocycles. The van der Waals surface area contributed by atoms with E-state index in [0.717, 1.165) is 10.0 Å². The summed E-state index contributed by atoms with van der Waals surface area (Å²) in [7, 11) is 0. The van der Waals surface area contributed by atoms with Crippen LogP contribution in [-0.4, -0.2) is 14.7 Å². The van der Waals surface area contributed by atoms with Gasteiger partial charge in [-0.1, -0.05) is 0 Å². The number of nitrogens with zero attached hydrogens (tertiary/aromatic N) is 3. The van der Waals surface area contributed by atoms with Gasteiger partial charge in [0.15, 0.2) is 0 Å². The molecule has 0 aliphatic rings. The van der Waals surface area contributed by atoms with E-state index >= 15 is 0 Å². The summed E-state index contributed by atoms with van der Waals surface area (Å²) in [4.78, 5) is 10.4. The van der Waals surface area contributed by atoms with E-state index in [1.807, 2.05) is 10.9 Å². The van der Waals surface area contributed by atoms with Crippen molar-refractivity contribution in [3.63, 3.8) is 0 Å². The molecule has 0 bridgehead atoms. The fraction of sp³-hybridized carbons (Fsp3) is 0.357. The van der Waals surface area contributed by atoms with Crippen molar-refractivity contribution in [3.8, 4) is 0 Å². The monoisotopic (exact) mass is 352 g/mol. The number of anilines is 1. The number of nitro benzene ring substituents is 1. The Morgan fingerprint density at radius 1 is 1.43 bits per heavy atom. The van der Waals surface area contributed by atoms with Crippen molar-refractivity contribution in [2.24, 2.45) is 0 Å². The Kier molecular flexibility index (Phi) is 4.32. The van der Waals surface area contributed by atoms with E-state index in [1.54, 1.807) is 12.3 Å². The highest BCUT2D eigenvalue weighted by molar-refractivity contribution is 9.10. The van der Waals surface area contributed by atoms with Crippen molar-refractivity contribution in [1.82, 2.24) is 9.78 Å². The van der Waals surface area contributed by atoms with Gasteiger partial charge >= 0.3 is 0 Å². The molecule has 6 nitrogen and oxygen atoms in total. The number of nitro groups is 1. The third kappa shape index (κ3) is 3.81. The van der Waals surface area contributed by atoms with Gasteiger partial charge in [0, 0.05) is 34.9 Å². The topological polar surface area (TPSA) is 73.0 Å². The maximum absolute atomic E-state index is 10.8. The second-order valence-corrected chi connectivity index (χ2v) is 6.59. The van der Waals surface area contributed by atoms with Crippen molar-refractivity contribution >= 4 is 27.3 Å². The van der Waals surface area contributed by atoms with Crippen molar-refractivity contribution in [2.45, 2.75) is 32.9 Å². The summed E-state index contributed by atoms with van der Waals surface area (Å²) in [6, 6.07) is 4.64. The molecule has 1 aromatic heterocycles. The van der Waals surface area contributed by atoms with Crippen LogP contribution >= 0.6 is 15.9 Å². The Balaban J connectivity index is 2.11. The fourth-order valence-electron chi connectivity index (χ4n) is 1.78. The summed E-state index contributed by atoms with van der Waals surface area (Å²) in [5, 5.41) is 18.3. The maximum atomic E-state index is 10.8. The van der Waals surface area contributed by atoms with Gasteiger partial charge < -0.3 is 5.32 Å². The zero-order chi connectivity index (χ0) is 15.6. The number of nitrogens with one attached hydrogen (secondary N) is 1. The molecule has 21 heavy (non-hydrogen) atoms. The summed E-state index contributed by atoms with van der Waals surface area (Å²) in [6.07, 6.45) is 3.77. The number of non-ortho nitro benzene ring substituents is 1. The zero-order valence-corrected chi connectivity index (χ0v) is 13.7. The van der Waals surface area contributed by atoms with E-state index < -0.39 is 4.92 Å². The standard InChI is InChI=1S/C14H17BrN4O2/c1-14(2,3)18-9-10(8-17-18)7-16-13-6-11(19(20)21)4-5-12(13)15/h4-6,8-9,16H,7H2,1-3H3. The minimum Gasteiger partial charge on any atom is -0.380 e. The molecular weight excluding hydrogens is 336 g/mol. The first-order valence-corrected chi connectivity index (χ1v) is 7.28. The van der Waals surface area contributed by atoms with Crippen LogP contribution in [0.3, 0.4) is 0 Å². The molecule has 0 spiro atoms. The highest BCUT2D eigenvalue weighted by atomic mass is 79.9. The number of hydrogen-bond donors (Lipinski definition) is 1. The van der Waals surface area contributed by atoms with E-state index in [0.29, 0.717) is 12.2 Å². The molecule has 1 N–H and O–H groups in total. The van der Waals surface area contributed by atoms with E-state index in [-0.39, 0.29) is 11.2 Å². The Labute approximate surface area is 131 Å². The van der Waals surface area contributed by atoms with Gasteiger partial charge in [0.2, 0.25) is 0 Å². The normalized spacial score (nSPS) is 11.4. The third-order valence-electron chi connectivity index (χ3n) is 2.97. The van der Waals surface area contributed by atoms with Crippen LogP contribution in [0.2, 0.25) is 0 Å². The maximum Gasteiger partial charge on any atom is 0.271 e. The van der Waals surface area contributed by atoms with Crippen molar-refractivity contribution in [3.05, 3.63) is 50.7 Å². The first-order valence-electron chi connectivity index (χ1n) is 6.49. The molecule has 0 radical (unpaired) electrons. The Morgan fingerprint density at radius 2 is 2.14 bits per heavy atom. The number of benzene rings is 1. The Hall–Kier alpha value is -1.89. The van der Waals surface area contributed by atoms with Gasteiger partial charge in [-0.15, -0.1) is 0 Å². The minimum atomic E-state index is -0.407. The van der Waals surface area contributed by atoms with Crippen molar-refractivity contribution in [1.29, 1.82) is 0 Å². The molecule has 0 saturated carbocycles. The van der Waals surface area contributed by atoms with Gasteiger partial charge in [0.1, 0.15) is 0 Å². The lowest BCUT2D eigenvalue weighted by Crippen LogP contribution is -2.21. The van der Waals surface area contributed by atoms with Gasteiger partial charge in [0.25, 0.3) is 5.69 Å². The van der Waals surface area contributed by atoms with Gasteiger partial charge in [-0.05, 0) is 42.8 Å². The van der Waals surface area contributed by atoms with Crippen LogP contribution in [0.25, 0.3) is 0 Å². The van der Waals surface area contributed by atoms with Crippen LogP contribution in [0.5, 0.6) is 0 Å². The molecule has 2 rings (SSSR count). The molecule has 0 fully saturated rings. The quantitative estimate of drug-likeness (QED) is 0.668. The molecule has 0 amide bonds. The lowest BCUT2D eigenvalue weighted by Gasteiger charge is -2.18. The SMILES string of the molecule is CC(C)(C)n1cc(CNc2cc([N+](=O)[O-])ccc2Br)cn1. The fourth-order valence-corrected chi connectivity index (χ4v) is 2.16. The average molecular weight is 353 g/mol. The number of rotatable bonds is 4. The largest absolute Gasteiger partial charge is 0.380 e. The smallest absolute Gasteiger partial charge is 0.271 e. The molecular formula is C14H17BrN4O2. The number of hydrogen-bond acceptors (Lipinski definition) is 4. The lowest BCUT2D eigenvalue weighted by atomic mass is 10.1. The summed E-state index contributed by atoms with van der Waals surface area (Å²) in [5.41, 5.74) is 1.70. The lowest BCUT2D eigenvalue weighted by molar-refractivity contribution is -0.384. The third-order valence-corrected chi connectivity index (χ3v) is 3.66. The molecule has 0 saturated heterocycles. The van der Waals surface area contributed by atoms with Gasteiger partial charge in [-0.25, -0.2) is 0 Å². The highest BCUT2D eigenvalue weighted by Crippen LogP contribution is 2.27. The van der Waals surface area contributed by atoms with Crippen LogP contribution in [0, 0.1) is 10.1 Å². The summed E-state index contributed by atoms with van der Waals surface area (Å²) in [5.74, 6) is 0. The van der Waals surface area contributed by atoms with Crippen molar-refractivity contribution in [2.75, 3.05) is 5.32 Å². The Bertz CT molecular complexity index is 661. The first kappa shape index (κ1) is 15.5. The molecule has 0 aliphatic heterocycles. The van der Waals surface area contributed by atoms with Crippen LogP contribution < -0.4 is 5.32 Å². The predicted octanol–water partition coefficient (Wildman–Crippen LogP) is 3.92. The van der Waals surface area contributed by atoms with Crippen LogP contribution in [0.4, 0.5) is 11.4 Å². The van der Waals surface area contributed by atoms with Crippen molar-refractivity contribution < 1.29 is 4.92 Å². The van der Waals surface area contributed by atoms with Gasteiger partial charge in [0.05, 0.1) is 22.3 Å². The Morgan fingerprint density at radius 3 is 2.71 bits per heavy atom. The minimum absolute atomic E-state index is 0.0612. The average Bonchev–Trinajstić information content (AvgIpc) is 2.86. The van der Waals surface area contributed by atoms with E-state index in [1.165, 1.54) is 12.1 Å². The van der Waals surface area contributed by atoms with E-state index in [4.69, 9.17) is 0 Å². The predicted molar refractivity (Wildman–Crippen MR) is 85.3 cm³/mol. The van der Waals surface area contributed by atoms with Gasteiger partial charge in [-0.2, -0.15) is 5.10 Å². The van der Waals surface area contributed by atoms with Crippen LogP contribution in [-0.2, 0) is 12.1 Å². The molecule has 1 heterocycles. The molecule has 0 atom stereocenters. The van der Waals surface area contributed by atoms with E-state index in [2.05, 4.69) is 47.1 Å². The van der Waals surface area contributed by atoms with Crippen LogP contribution in [0.15, 0.2) is 35.1 Å². The second-order valence-electron chi connectivity index (χ2n) is 5.74. The van der Waals surface area contributed by atoms with Crippen LogP contribution in [0.1, 0.15) is 26.3 Å². The second kappa shape index (κ2) is 5.85. The molecule has 112 valence electrons. The summed E-state index contributed by atoms with van der Waals surface area (Å²) in [6.45, 7) is 6.78. The summed E-state index contributed by atoms with van der Waals surface area (Å²) < 4.78 is 2.68.